The molecule has 1 aliphatic heterocycles. The molecule has 128 valence electrons. The third kappa shape index (κ3) is 2.99. The van der Waals surface area contributed by atoms with Crippen molar-refractivity contribution >= 4 is 23.4 Å². The van der Waals surface area contributed by atoms with Crippen LogP contribution in [0.15, 0.2) is 41.0 Å². The summed E-state index contributed by atoms with van der Waals surface area (Å²) in [6, 6.07) is 6.81. The number of amides is 3. The molecule has 9 nitrogen and oxygen atoms in total. The topological polar surface area (TPSA) is 114 Å². The fourth-order valence-electron chi connectivity index (χ4n) is 2.52. The van der Waals surface area contributed by atoms with Gasteiger partial charge in [0.1, 0.15) is 12.3 Å². The molecule has 1 aliphatic rings. The number of rotatable bonds is 5. The van der Waals surface area contributed by atoms with Gasteiger partial charge in [0.05, 0.1) is 28.9 Å². The monoisotopic (exact) mass is 343 g/mol. The van der Waals surface area contributed by atoms with Crippen molar-refractivity contribution in [3.8, 4) is 0 Å². The van der Waals surface area contributed by atoms with Crippen LogP contribution in [-0.4, -0.2) is 46.0 Å². The molecule has 2 heterocycles. The van der Waals surface area contributed by atoms with Crippen LogP contribution in [0.3, 0.4) is 0 Å². The average molecular weight is 343 g/mol. The van der Waals surface area contributed by atoms with E-state index in [0.29, 0.717) is 5.76 Å². The summed E-state index contributed by atoms with van der Waals surface area (Å²) in [6.45, 7) is -0.252. The highest BCUT2D eigenvalue weighted by Gasteiger charge is 2.38. The van der Waals surface area contributed by atoms with E-state index in [4.69, 9.17) is 4.42 Å². The molecule has 0 aliphatic carbocycles. The van der Waals surface area contributed by atoms with E-state index in [1.807, 2.05) is 0 Å². The van der Waals surface area contributed by atoms with Gasteiger partial charge < -0.3 is 9.32 Å². The van der Waals surface area contributed by atoms with Gasteiger partial charge in [-0.1, -0.05) is 0 Å². The van der Waals surface area contributed by atoms with E-state index in [1.54, 1.807) is 12.1 Å². The minimum Gasteiger partial charge on any atom is -0.467 e. The number of furan rings is 1. The summed E-state index contributed by atoms with van der Waals surface area (Å²) >= 11 is 0. The zero-order chi connectivity index (χ0) is 18.1. The lowest BCUT2D eigenvalue weighted by Gasteiger charge is -2.19. The third-order valence-corrected chi connectivity index (χ3v) is 3.86. The highest BCUT2D eigenvalue weighted by molar-refractivity contribution is 6.22. The maximum absolute atomic E-state index is 12.4. The normalized spacial score (nSPS) is 13.1. The molecule has 3 rings (SSSR count). The number of non-ortho nitro benzene ring substituents is 1. The molecule has 0 spiro atoms. The predicted octanol–water partition coefficient (Wildman–Crippen LogP) is 1.44. The van der Waals surface area contributed by atoms with Crippen molar-refractivity contribution in [1.29, 1.82) is 0 Å². The van der Waals surface area contributed by atoms with Crippen LogP contribution in [0.2, 0.25) is 0 Å². The number of imide groups is 1. The van der Waals surface area contributed by atoms with Crippen molar-refractivity contribution in [2.75, 3.05) is 13.6 Å². The highest BCUT2D eigenvalue weighted by Crippen LogP contribution is 2.26. The van der Waals surface area contributed by atoms with Gasteiger partial charge in [0, 0.05) is 19.2 Å². The number of nitro groups is 1. The Hall–Kier alpha value is -3.49. The van der Waals surface area contributed by atoms with E-state index in [2.05, 4.69) is 0 Å². The molecule has 9 heteroatoms. The summed E-state index contributed by atoms with van der Waals surface area (Å²) in [7, 11) is 1.52. The smallest absolute Gasteiger partial charge is 0.270 e. The number of hydrogen-bond donors (Lipinski definition) is 0. The SMILES string of the molecule is CN(Cc1ccco1)C(=O)CN1C(=O)c2ccc([N+](=O)[O-])cc2C1=O. The summed E-state index contributed by atoms with van der Waals surface area (Å²) < 4.78 is 5.15. The van der Waals surface area contributed by atoms with Crippen molar-refractivity contribution in [3.05, 3.63) is 63.6 Å². The van der Waals surface area contributed by atoms with E-state index >= 15 is 0 Å². The molecule has 3 amide bonds. The molecule has 0 N–H and O–H groups in total. The maximum Gasteiger partial charge on any atom is 0.270 e. The average Bonchev–Trinajstić information content (AvgIpc) is 3.17. The maximum atomic E-state index is 12.4. The van der Waals surface area contributed by atoms with Crippen LogP contribution >= 0.6 is 0 Å². The van der Waals surface area contributed by atoms with Crippen molar-refractivity contribution in [2.45, 2.75) is 6.54 Å². The van der Waals surface area contributed by atoms with E-state index in [1.165, 1.54) is 24.3 Å². The second kappa shape index (κ2) is 6.19. The number of carbonyl (C=O) groups excluding carboxylic acids is 3. The van der Waals surface area contributed by atoms with Crippen molar-refractivity contribution in [1.82, 2.24) is 9.80 Å². The van der Waals surface area contributed by atoms with Crippen LogP contribution in [0.1, 0.15) is 26.5 Å². The number of likely N-dealkylation sites (N-methyl/N-ethyl adjacent to an activating group) is 1. The van der Waals surface area contributed by atoms with Gasteiger partial charge in [-0.25, -0.2) is 0 Å². The highest BCUT2D eigenvalue weighted by atomic mass is 16.6. The first-order valence-electron chi connectivity index (χ1n) is 7.29. The minimum absolute atomic E-state index is 0.0529. The fourth-order valence-corrected chi connectivity index (χ4v) is 2.52. The lowest BCUT2D eigenvalue weighted by atomic mass is 10.1. The van der Waals surface area contributed by atoms with Crippen LogP contribution < -0.4 is 0 Å². The van der Waals surface area contributed by atoms with E-state index < -0.39 is 29.2 Å². The summed E-state index contributed by atoms with van der Waals surface area (Å²) in [4.78, 5) is 49.2. The van der Waals surface area contributed by atoms with Crippen molar-refractivity contribution in [3.63, 3.8) is 0 Å². The Bertz CT molecular complexity index is 874. The lowest BCUT2D eigenvalue weighted by Crippen LogP contribution is -2.40. The molecule has 1 aromatic carbocycles. The molecule has 0 unspecified atom stereocenters. The van der Waals surface area contributed by atoms with Gasteiger partial charge in [0.15, 0.2) is 0 Å². The molecule has 25 heavy (non-hydrogen) atoms. The Morgan fingerprint density at radius 2 is 1.96 bits per heavy atom. The Kier molecular flexibility index (Phi) is 4.05. The molecule has 0 radical (unpaired) electrons. The van der Waals surface area contributed by atoms with Gasteiger partial charge in [0.25, 0.3) is 17.5 Å². The summed E-state index contributed by atoms with van der Waals surface area (Å²) in [5.41, 5.74) is -0.305. The Balaban J connectivity index is 1.75. The fraction of sp³-hybridized carbons (Fsp3) is 0.188. The summed E-state index contributed by atoms with van der Waals surface area (Å²) in [6.07, 6.45) is 1.48. The molecule has 0 saturated heterocycles. The summed E-state index contributed by atoms with van der Waals surface area (Å²) in [5.74, 6) is -1.26. The number of nitrogens with zero attached hydrogens (tertiary/aromatic N) is 3. The number of benzene rings is 1. The molecule has 0 atom stereocenters. The molecule has 0 saturated carbocycles. The number of nitro benzene ring substituents is 1. The van der Waals surface area contributed by atoms with Gasteiger partial charge in [0.2, 0.25) is 5.91 Å². The standard InChI is InChI=1S/C16H13N3O6/c1-17(8-11-3-2-6-25-11)14(20)9-18-15(21)12-5-4-10(19(23)24)7-13(12)16(18)22/h2-7H,8-9H2,1H3. The quantitative estimate of drug-likeness (QED) is 0.461. The van der Waals surface area contributed by atoms with Crippen LogP contribution in [0.5, 0.6) is 0 Å². The van der Waals surface area contributed by atoms with Crippen molar-refractivity contribution in [2.24, 2.45) is 0 Å². The van der Waals surface area contributed by atoms with E-state index in [0.717, 1.165) is 17.0 Å². The van der Waals surface area contributed by atoms with Crippen molar-refractivity contribution < 1.29 is 23.7 Å². The lowest BCUT2D eigenvalue weighted by molar-refractivity contribution is -0.384. The van der Waals surface area contributed by atoms with E-state index in [-0.39, 0.29) is 23.4 Å². The first kappa shape index (κ1) is 16.4. The van der Waals surface area contributed by atoms with Crippen LogP contribution in [0.4, 0.5) is 5.69 Å². The second-order valence-electron chi connectivity index (χ2n) is 5.51. The van der Waals surface area contributed by atoms with Gasteiger partial charge >= 0.3 is 0 Å². The third-order valence-electron chi connectivity index (χ3n) is 3.86. The molecule has 1 aromatic heterocycles. The molecular weight excluding hydrogens is 330 g/mol. The summed E-state index contributed by atoms with van der Waals surface area (Å²) in [5, 5.41) is 10.8. The van der Waals surface area contributed by atoms with Crippen LogP contribution in [0.25, 0.3) is 0 Å². The van der Waals surface area contributed by atoms with Gasteiger partial charge in [-0.15, -0.1) is 0 Å². The molecule has 0 bridgehead atoms. The first-order chi connectivity index (χ1) is 11.9. The molecular formula is C16H13N3O6. The van der Waals surface area contributed by atoms with Crippen LogP contribution in [0, 0.1) is 10.1 Å². The Morgan fingerprint density at radius 3 is 2.60 bits per heavy atom. The van der Waals surface area contributed by atoms with Gasteiger partial charge in [-0.3, -0.25) is 29.4 Å². The predicted molar refractivity (Wildman–Crippen MR) is 83.6 cm³/mol. The van der Waals surface area contributed by atoms with Gasteiger partial charge in [-0.05, 0) is 18.2 Å². The number of fused-ring (bicyclic) bond motifs is 1. The minimum atomic E-state index is -0.719. The zero-order valence-electron chi connectivity index (χ0n) is 13.2. The number of hydrogen-bond acceptors (Lipinski definition) is 6. The first-order valence-corrected chi connectivity index (χ1v) is 7.29. The number of carbonyl (C=O) groups is 3. The van der Waals surface area contributed by atoms with Gasteiger partial charge in [-0.2, -0.15) is 0 Å². The Labute approximate surface area is 141 Å². The van der Waals surface area contributed by atoms with Crippen LogP contribution in [-0.2, 0) is 11.3 Å². The van der Waals surface area contributed by atoms with E-state index in [9.17, 15) is 24.5 Å². The largest absolute Gasteiger partial charge is 0.467 e. The molecule has 0 fully saturated rings. The zero-order valence-corrected chi connectivity index (χ0v) is 13.2. The second-order valence-corrected chi connectivity index (χ2v) is 5.51. The molecule has 2 aromatic rings. The Morgan fingerprint density at radius 1 is 1.24 bits per heavy atom.